The molecule has 1 heterocycles. The Morgan fingerprint density at radius 3 is 2.86 bits per heavy atom. The van der Waals surface area contributed by atoms with Crippen molar-refractivity contribution in [2.75, 3.05) is 6.61 Å². The van der Waals surface area contributed by atoms with Crippen molar-refractivity contribution in [1.82, 2.24) is 0 Å². The number of hydrogen-bond acceptors (Lipinski definition) is 2. The first-order valence-electron chi connectivity index (χ1n) is 1.95. The molecule has 0 N–H and O–H groups in total. The lowest BCUT2D eigenvalue weighted by Crippen LogP contribution is -1.95. The highest BCUT2D eigenvalue weighted by molar-refractivity contribution is 6.21. The van der Waals surface area contributed by atoms with Crippen LogP contribution < -0.4 is 0 Å². The van der Waals surface area contributed by atoms with E-state index >= 15 is 0 Å². The first-order chi connectivity index (χ1) is 3.29. The zero-order chi connectivity index (χ0) is 5.28. The number of alkyl halides is 1. The van der Waals surface area contributed by atoms with E-state index in [0.717, 1.165) is 0 Å². The van der Waals surface area contributed by atoms with E-state index in [1.807, 2.05) is 0 Å². The highest BCUT2D eigenvalue weighted by Crippen LogP contribution is 2.06. The van der Waals surface area contributed by atoms with E-state index in [9.17, 15) is 0 Å². The molecule has 0 amide bonds. The maximum atomic E-state index is 5.45. The molecule has 3 heteroatoms. The van der Waals surface area contributed by atoms with Gasteiger partial charge in [0.05, 0.1) is 0 Å². The van der Waals surface area contributed by atoms with Crippen LogP contribution in [0.1, 0.15) is 0 Å². The fourth-order valence-corrected chi connectivity index (χ4v) is 0.568. The molecular weight excluding hydrogens is 114 g/mol. The average Bonchev–Trinajstić information content (AvgIpc) is 1.87. The van der Waals surface area contributed by atoms with E-state index in [-0.39, 0.29) is 5.50 Å². The Morgan fingerprint density at radius 1 is 2.00 bits per heavy atom. The van der Waals surface area contributed by atoms with Crippen LogP contribution in [0.3, 0.4) is 0 Å². The minimum Gasteiger partial charge on any atom is -0.477 e. The van der Waals surface area contributed by atoms with Gasteiger partial charge in [0.25, 0.3) is 0 Å². The molecule has 0 bridgehead atoms. The van der Waals surface area contributed by atoms with Gasteiger partial charge in [0.15, 0.2) is 11.4 Å². The minimum absolute atomic E-state index is 0.201. The lowest BCUT2D eigenvalue weighted by Gasteiger charge is -1.88. The predicted octanol–water partition coefficient (Wildman–Crippen LogP) is 0.814. The van der Waals surface area contributed by atoms with Crippen LogP contribution in [-0.4, -0.2) is 18.0 Å². The summed E-state index contributed by atoms with van der Waals surface area (Å²) >= 11 is 5.45. The zero-order valence-corrected chi connectivity index (χ0v) is 4.48. The van der Waals surface area contributed by atoms with Crippen LogP contribution in [0.4, 0.5) is 0 Å². The molecule has 39 valence electrons. The van der Waals surface area contributed by atoms with E-state index in [1.54, 1.807) is 0 Å². The van der Waals surface area contributed by atoms with Gasteiger partial charge in [0.1, 0.15) is 6.61 Å². The van der Waals surface area contributed by atoms with E-state index in [4.69, 9.17) is 16.3 Å². The van der Waals surface area contributed by atoms with Gasteiger partial charge in [-0.25, -0.2) is 4.99 Å². The Hall–Kier alpha value is -0.240. The molecule has 0 saturated carbocycles. The Bertz CT molecular complexity index is 102. The van der Waals surface area contributed by atoms with E-state index in [1.165, 1.54) is 0 Å². The van der Waals surface area contributed by atoms with Gasteiger partial charge in [-0.3, -0.25) is 0 Å². The fraction of sp³-hybridized carbons (Fsp3) is 0.500. The van der Waals surface area contributed by atoms with Gasteiger partial charge in [-0.15, -0.1) is 0 Å². The molecular formula is C4H5ClNO. The first kappa shape index (κ1) is 4.91. The summed E-state index contributed by atoms with van der Waals surface area (Å²) in [4.78, 5) is 3.74. The first-order valence-corrected chi connectivity index (χ1v) is 2.39. The molecule has 0 aliphatic carbocycles. The van der Waals surface area contributed by atoms with Crippen molar-refractivity contribution in [3.8, 4) is 0 Å². The summed E-state index contributed by atoms with van der Waals surface area (Å²) in [6.45, 7) is 3.90. The Balaban J connectivity index is 2.50. The SMILES string of the molecule is [CH2]C1=NC(Cl)CO1. The second-order valence-electron chi connectivity index (χ2n) is 1.27. The summed E-state index contributed by atoms with van der Waals surface area (Å²) in [5.74, 6) is 0.444. The van der Waals surface area contributed by atoms with Crippen molar-refractivity contribution >= 4 is 17.5 Å². The fourth-order valence-electron chi connectivity index (χ4n) is 0.396. The maximum absolute atomic E-state index is 5.45. The van der Waals surface area contributed by atoms with E-state index in [2.05, 4.69) is 11.9 Å². The number of aliphatic imine (C=N–C) groups is 1. The third-order valence-corrected chi connectivity index (χ3v) is 0.895. The zero-order valence-electron chi connectivity index (χ0n) is 3.72. The molecule has 1 aliphatic heterocycles. The molecule has 1 unspecified atom stereocenters. The third kappa shape index (κ3) is 1.06. The quantitative estimate of drug-likeness (QED) is 0.341. The van der Waals surface area contributed by atoms with Gasteiger partial charge >= 0.3 is 0 Å². The molecule has 0 aromatic carbocycles. The molecule has 1 aliphatic rings. The Labute approximate surface area is 47.1 Å². The van der Waals surface area contributed by atoms with Crippen molar-refractivity contribution in [2.45, 2.75) is 5.50 Å². The number of hydrogen-bond donors (Lipinski definition) is 0. The molecule has 1 radical (unpaired) electrons. The van der Waals surface area contributed by atoms with Crippen molar-refractivity contribution in [3.05, 3.63) is 6.92 Å². The maximum Gasteiger partial charge on any atom is 0.185 e. The minimum atomic E-state index is -0.201. The highest BCUT2D eigenvalue weighted by Gasteiger charge is 2.10. The summed E-state index contributed by atoms with van der Waals surface area (Å²) in [7, 11) is 0. The van der Waals surface area contributed by atoms with Crippen LogP contribution in [0.5, 0.6) is 0 Å². The van der Waals surface area contributed by atoms with Crippen LogP contribution in [0, 0.1) is 6.92 Å². The number of rotatable bonds is 0. The number of nitrogens with zero attached hydrogens (tertiary/aromatic N) is 1. The lowest BCUT2D eigenvalue weighted by atomic mass is 10.7. The summed E-state index contributed by atoms with van der Waals surface area (Å²) in [6.07, 6.45) is 0. The van der Waals surface area contributed by atoms with Crippen molar-refractivity contribution in [1.29, 1.82) is 0 Å². The van der Waals surface area contributed by atoms with Crippen molar-refractivity contribution in [3.63, 3.8) is 0 Å². The molecule has 7 heavy (non-hydrogen) atoms. The number of halogens is 1. The molecule has 0 aromatic heterocycles. The second kappa shape index (κ2) is 1.70. The van der Waals surface area contributed by atoms with Gasteiger partial charge in [-0.2, -0.15) is 0 Å². The van der Waals surface area contributed by atoms with Crippen molar-refractivity contribution < 1.29 is 4.74 Å². The lowest BCUT2D eigenvalue weighted by molar-refractivity contribution is 0.341. The largest absolute Gasteiger partial charge is 0.477 e. The normalized spacial score (nSPS) is 29.4. The summed E-state index contributed by atoms with van der Waals surface area (Å²) in [5.41, 5.74) is -0.201. The smallest absolute Gasteiger partial charge is 0.185 e. The second-order valence-corrected chi connectivity index (χ2v) is 1.77. The molecule has 0 spiro atoms. The molecule has 0 aromatic rings. The van der Waals surface area contributed by atoms with Crippen LogP contribution >= 0.6 is 11.6 Å². The van der Waals surface area contributed by atoms with Gasteiger partial charge < -0.3 is 4.74 Å². The molecule has 2 nitrogen and oxygen atoms in total. The molecule has 0 fully saturated rings. The summed E-state index contributed by atoms with van der Waals surface area (Å²) in [6, 6.07) is 0. The van der Waals surface area contributed by atoms with Gasteiger partial charge in [0.2, 0.25) is 0 Å². The standard InChI is InChI=1S/C4H5ClNO/c1-3-6-4(5)2-7-3/h4H,1-2H2. The van der Waals surface area contributed by atoms with Gasteiger partial charge in [-0.05, 0) is 0 Å². The number of ether oxygens (including phenoxy) is 1. The van der Waals surface area contributed by atoms with Crippen LogP contribution in [0.2, 0.25) is 0 Å². The Morgan fingerprint density at radius 2 is 2.71 bits per heavy atom. The predicted molar refractivity (Wildman–Crippen MR) is 28.4 cm³/mol. The van der Waals surface area contributed by atoms with E-state index in [0.29, 0.717) is 12.5 Å². The topological polar surface area (TPSA) is 21.6 Å². The molecule has 1 rings (SSSR count). The summed E-state index contributed by atoms with van der Waals surface area (Å²) < 4.78 is 4.77. The van der Waals surface area contributed by atoms with Crippen LogP contribution in [-0.2, 0) is 4.74 Å². The van der Waals surface area contributed by atoms with Crippen LogP contribution in [0.15, 0.2) is 4.99 Å². The molecule has 0 saturated heterocycles. The summed E-state index contributed by atoms with van der Waals surface area (Å²) in [5, 5.41) is 0. The average molecular weight is 119 g/mol. The Kier molecular flexibility index (Phi) is 1.19. The molecule has 1 atom stereocenters. The van der Waals surface area contributed by atoms with Gasteiger partial charge in [0, 0.05) is 6.92 Å². The van der Waals surface area contributed by atoms with E-state index < -0.39 is 0 Å². The van der Waals surface area contributed by atoms with Crippen molar-refractivity contribution in [2.24, 2.45) is 4.99 Å². The van der Waals surface area contributed by atoms with Crippen LogP contribution in [0.25, 0.3) is 0 Å². The van der Waals surface area contributed by atoms with Gasteiger partial charge in [-0.1, -0.05) is 11.6 Å². The highest BCUT2D eigenvalue weighted by atomic mass is 35.5. The third-order valence-electron chi connectivity index (χ3n) is 0.672. The monoisotopic (exact) mass is 118 g/mol.